The van der Waals surface area contributed by atoms with Gasteiger partial charge in [0.05, 0.1) is 12.0 Å². The van der Waals surface area contributed by atoms with Gasteiger partial charge in [0.25, 0.3) is 5.91 Å². The number of carboxylic acids is 1. The molecule has 0 aliphatic rings. The molecule has 1 N–H and O–H groups in total. The van der Waals surface area contributed by atoms with Gasteiger partial charge in [0, 0.05) is 25.1 Å². The van der Waals surface area contributed by atoms with Crippen molar-refractivity contribution < 1.29 is 14.7 Å². The van der Waals surface area contributed by atoms with E-state index in [1.54, 1.807) is 49.6 Å². The van der Waals surface area contributed by atoms with Crippen LogP contribution in [-0.2, 0) is 11.2 Å². The van der Waals surface area contributed by atoms with Gasteiger partial charge in [-0.05, 0) is 29.8 Å². The Kier molecular flexibility index (Phi) is 4.10. The highest BCUT2D eigenvalue weighted by molar-refractivity contribution is 6.05. The van der Waals surface area contributed by atoms with Gasteiger partial charge < -0.3 is 10.0 Å². The van der Waals surface area contributed by atoms with Crippen molar-refractivity contribution in [2.45, 2.75) is 6.42 Å². The van der Waals surface area contributed by atoms with Crippen LogP contribution in [0.4, 0.5) is 5.69 Å². The lowest BCUT2D eigenvalue weighted by Gasteiger charge is -2.17. The van der Waals surface area contributed by atoms with E-state index in [1.807, 2.05) is 0 Å². The summed E-state index contributed by atoms with van der Waals surface area (Å²) in [5, 5.41) is 8.71. The fourth-order valence-corrected chi connectivity index (χ4v) is 1.81. The molecule has 2 rings (SSSR count). The SMILES string of the molecule is CN(C(=O)c1cccnc1)c1ccc(CC(=O)O)cc1. The third-order valence-electron chi connectivity index (χ3n) is 2.89. The molecule has 102 valence electrons. The van der Waals surface area contributed by atoms with Crippen LogP contribution >= 0.6 is 0 Å². The van der Waals surface area contributed by atoms with Crippen LogP contribution in [-0.4, -0.2) is 29.0 Å². The van der Waals surface area contributed by atoms with E-state index in [9.17, 15) is 9.59 Å². The molecule has 0 unspecified atom stereocenters. The van der Waals surface area contributed by atoms with E-state index in [1.165, 1.54) is 11.1 Å². The lowest BCUT2D eigenvalue weighted by molar-refractivity contribution is -0.136. The van der Waals surface area contributed by atoms with Gasteiger partial charge in [-0.3, -0.25) is 14.6 Å². The fourth-order valence-electron chi connectivity index (χ4n) is 1.81. The van der Waals surface area contributed by atoms with E-state index in [0.29, 0.717) is 16.8 Å². The molecule has 0 atom stereocenters. The number of anilines is 1. The van der Waals surface area contributed by atoms with Crippen molar-refractivity contribution in [1.29, 1.82) is 0 Å². The third-order valence-corrected chi connectivity index (χ3v) is 2.89. The van der Waals surface area contributed by atoms with Crippen molar-refractivity contribution in [3.63, 3.8) is 0 Å². The maximum absolute atomic E-state index is 12.2. The van der Waals surface area contributed by atoms with Gasteiger partial charge in [-0.25, -0.2) is 0 Å². The van der Waals surface area contributed by atoms with Crippen molar-refractivity contribution in [2.24, 2.45) is 0 Å². The molecule has 0 saturated carbocycles. The number of hydrogen-bond acceptors (Lipinski definition) is 3. The van der Waals surface area contributed by atoms with E-state index < -0.39 is 5.97 Å². The van der Waals surface area contributed by atoms with Gasteiger partial charge in [-0.2, -0.15) is 0 Å². The second-order valence-electron chi connectivity index (χ2n) is 4.34. The highest BCUT2D eigenvalue weighted by Gasteiger charge is 2.13. The average molecular weight is 270 g/mol. The van der Waals surface area contributed by atoms with Crippen molar-refractivity contribution in [2.75, 3.05) is 11.9 Å². The van der Waals surface area contributed by atoms with Crippen molar-refractivity contribution >= 4 is 17.6 Å². The number of aromatic nitrogens is 1. The number of aliphatic carboxylic acids is 1. The predicted octanol–water partition coefficient (Wildman–Crippen LogP) is 1.99. The molecule has 20 heavy (non-hydrogen) atoms. The second-order valence-corrected chi connectivity index (χ2v) is 4.34. The molecule has 2 aromatic rings. The molecule has 0 spiro atoms. The van der Waals surface area contributed by atoms with Crippen molar-refractivity contribution in [3.05, 3.63) is 59.9 Å². The van der Waals surface area contributed by atoms with E-state index >= 15 is 0 Å². The summed E-state index contributed by atoms with van der Waals surface area (Å²) >= 11 is 0. The van der Waals surface area contributed by atoms with Gasteiger partial charge in [0.2, 0.25) is 0 Å². The zero-order chi connectivity index (χ0) is 14.5. The Bertz CT molecular complexity index is 609. The van der Waals surface area contributed by atoms with Crippen LogP contribution < -0.4 is 4.90 Å². The first-order valence-corrected chi connectivity index (χ1v) is 6.07. The lowest BCUT2D eigenvalue weighted by Crippen LogP contribution is -2.26. The van der Waals surface area contributed by atoms with Crippen LogP contribution in [0, 0.1) is 0 Å². The van der Waals surface area contributed by atoms with Crippen LogP contribution in [0.5, 0.6) is 0 Å². The first kappa shape index (κ1) is 13.7. The summed E-state index contributed by atoms with van der Waals surface area (Å²) in [4.78, 5) is 28.2. The molecule has 0 bridgehead atoms. The molecule has 0 radical (unpaired) electrons. The standard InChI is InChI=1S/C15H14N2O3/c1-17(15(20)12-3-2-8-16-10-12)13-6-4-11(5-7-13)9-14(18)19/h2-8,10H,9H2,1H3,(H,18,19). The normalized spacial score (nSPS) is 10.1. The summed E-state index contributed by atoms with van der Waals surface area (Å²) in [5.74, 6) is -1.04. The van der Waals surface area contributed by atoms with Crippen LogP contribution in [0.1, 0.15) is 15.9 Å². The number of hydrogen-bond donors (Lipinski definition) is 1. The Hall–Kier alpha value is -2.69. The number of benzene rings is 1. The summed E-state index contributed by atoms with van der Waals surface area (Å²) < 4.78 is 0. The summed E-state index contributed by atoms with van der Waals surface area (Å²) in [5.41, 5.74) is 1.90. The van der Waals surface area contributed by atoms with E-state index in [2.05, 4.69) is 4.98 Å². The lowest BCUT2D eigenvalue weighted by atomic mass is 10.1. The molecule has 1 aromatic carbocycles. The largest absolute Gasteiger partial charge is 0.481 e. The number of carbonyl (C=O) groups excluding carboxylic acids is 1. The minimum absolute atomic E-state index is 0.0272. The first-order valence-electron chi connectivity index (χ1n) is 6.07. The molecule has 1 amide bonds. The van der Waals surface area contributed by atoms with Crippen LogP contribution in [0.25, 0.3) is 0 Å². The third kappa shape index (κ3) is 3.20. The monoisotopic (exact) mass is 270 g/mol. The summed E-state index contributed by atoms with van der Waals surface area (Å²) in [6, 6.07) is 10.3. The number of pyridine rings is 1. The molecule has 0 aliphatic heterocycles. The van der Waals surface area contributed by atoms with Crippen molar-refractivity contribution in [1.82, 2.24) is 4.98 Å². The molecular weight excluding hydrogens is 256 g/mol. The van der Waals surface area contributed by atoms with E-state index in [-0.39, 0.29) is 12.3 Å². The number of rotatable bonds is 4. The molecule has 5 heteroatoms. The first-order chi connectivity index (χ1) is 9.58. The van der Waals surface area contributed by atoms with Crippen LogP contribution in [0.2, 0.25) is 0 Å². The number of nitrogens with zero attached hydrogens (tertiary/aromatic N) is 2. The minimum Gasteiger partial charge on any atom is -0.481 e. The Morgan fingerprint density at radius 1 is 1.20 bits per heavy atom. The Morgan fingerprint density at radius 3 is 2.45 bits per heavy atom. The highest BCUT2D eigenvalue weighted by Crippen LogP contribution is 2.16. The van der Waals surface area contributed by atoms with Gasteiger partial charge in [-0.1, -0.05) is 12.1 Å². The minimum atomic E-state index is -0.877. The van der Waals surface area contributed by atoms with Gasteiger partial charge in [0.15, 0.2) is 0 Å². The molecule has 0 saturated heterocycles. The summed E-state index contributed by atoms with van der Waals surface area (Å²) in [6.07, 6.45) is 3.09. The molecule has 5 nitrogen and oxygen atoms in total. The average Bonchev–Trinajstić information content (AvgIpc) is 2.47. The van der Waals surface area contributed by atoms with Crippen molar-refractivity contribution in [3.8, 4) is 0 Å². The number of carboxylic acid groups (broad SMARTS) is 1. The van der Waals surface area contributed by atoms with Gasteiger partial charge in [-0.15, -0.1) is 0 Å². The number of amides is 1. The quantitative estimate of drug-likeness (QED) is 0.922. The smallest absolute Gasteiger partial charge is 0.307 e. The Labute approximate surface area is 116 Å². The zero-order valence-electron chi connectivity index (χ0n) is 11.0. The number of carbonyl (C=O) groups is 2. The topological polar surface area (TPSA) is 70.5 Å². The Morgan fingerprint density at radius 2 is 1.90 bits per heavy atom. The maximum atomic E-state index is 12.2. The molecule has 1 aromatic heterocycles. The van der Waals surface area contributed by atoms with Crippen LogP contribution in [0.15, 0.2) is 48.8 Å². The van der Waals surface area contributed by atoms with E-state index in [0.717, 1.165) is 0 Å². The predicted molar refractivity (Wildman–Crippen MR) is 74.8 cm³/mol. The summed E-state index contributed by atoms with van der Waals surface area (Å²) in [6.45, 7) is 0. The Balaban J connectivity index is 2.15. The van der Waals surface area contributed by atoms with Crippen LogP contribution in [0.3, 0.4) is 0 Å². The molecule has 1 heterocycles. The molecule has 0 aliphatic carbocycles. The second kappa shape index (κ2) is 5.97. The van der Waals surface area contributed by atoms with E-state index in [4.69, 9.17) is 5.11 Å². The zero-order valence-corrected chi connectivity index (χ0v) is 11.0. The van der Waals surface area contributed by atoms with Gasteiger partial charge >= 0.3 is 5.97 Å². The molecule has 0 fully saturated rings. The maximum Gasteiger partial charge on any atom is 0.307 e. The fraction of sp³-hybridized carbons (Fsp3) is 0.133. The molecular formula is C15H14N2O3. The van der Waals surface area contributed by atoms with Gasteiger partial charge in [0.1, 0.15) is 0 Å². The summed E-state index contributed by atoms with van der Waals surface area (Å²) in [7, 11) is 1.67. The highest BCUT2D eigenvalue weighted by atomic mass is 16.4.